The summed E-state index contributed by atoms with van der Waals surface area (Å²) in [5, 5.41) is 0. The molecule has 0 aliphatic carbocycles. The number of sulfonamides is 1. The van der Waals surface area contributed by atoms with E-state index in [1.165, 1.54) is 10.6 Å². The highest BCUT2D eigenvalue weighted by Crippen LogP contribution is 2.37. The quantitative estimate of drug-likeness (QED) is 0.682. The van der Waals surface area contributed by atoms with Gasteiger partial charge in [-0.05, 0) is 18.1 Å². The standard InChI is InChI=1S/C14H15N7O2S/c1-24(22,23)21-6-5-8-3-2-4-9(10(8)21)20-7-17-13-11(20)12(15)18-14(16)19-13/h2-4,7H,5-6H2,1H3,(H4,15,16,18,19). The zero-order valence-electron chi connectivity index (χ0n) is 12.8. The predicted molar refractivity (Wildman–Crippen MR) is 91.4 cm³/mol. The van der Waals surface area contributed by atoms with Crippen molar-refractivity contribution in [3.63, 3.8) is 0 Å². The molecule has 0 saturated heterocycles. The zero-order valence-corrected chi connectivity index (χ0v) is 13.7. The van der Waals surface area contributed by atoms with E-state index in [4.69, 9.17) is 11.5 Å². The summed E-state index contributed by atoms with van der Waals surface area (Å²) in [5.41, 5.74) is 14.7. The van der Waals surface area contributed by atoms with Crippen LogP contribution in [-0.4, -0.2) is 40.7 Å². The number of fused-ring (bicyclic) bond motifs is 2. The van der Waals surface area contributed by atoms with Crippen LogP contribution in [0.4, 0.5) is 17.5 Å². The van der Waals surface area contributed by atoms with E-state index in [1.807, 2.05) is 18.2 Å². The molecule has 1 aliphatic heterocycles. The largest absolute Gasteiger partial charge is 0.382 e. The van der Waals surface area contributed by atoms with Gasteiger partial charge in [0.05, 0.1) is 17.6 Å². The molecule has 0 bridgehead atoms. The van der Waals surface area contributed by atoms with Crippen molar-refractivity contribution in [1.29, 1.82) is 0 Å². The van der Waals surface area contributed by atoms with E-state index in [0.29, 0.717) is 35.5 Å². The number of imidazole rings is 1. The van der Waals surface area contributed by atoms with Gasteiger partial charge < -0.3 is 11.5 Å². The van der Waals surface area contributed by atoms with Crippen LogP contribution in [0.25, 0.3) is 16.9 Å². The number of hydrogen-bond donors (Lipinski definition) is 2. The SMILES string of the molecule is CS(=O)(=O)N1CCc2cccc(-n3cnc4nc(N)nc(N)c43)c21. The monoisotopic (exact) mass is 345 g/mol. The third-order valence-corrected chi connectivity index (χ3v) is 5.20. The van der Waals surface area contributed by atoms with Crippen LogP contribution < -0.4 is 15.8 Å². The van der Waals surface area contributed by atoms with E-state index in [9.17, 15) is 8.42 Å². The van der Waals surface area contributed by atoms with Gasteiger partial charge in [-0.25, -0.2) is 13.4 Å². The number of rotatable bonds is 2. The van der Waals surface area contributed by atoms with Crippen LogP contribution >= 0.6 is 0 Å². The first-order valence-corrected chi connectivity index (χ1v) is 9.07. The van der Waals surface area contributed by atoms with Crippen molar-refractivity contribution in [3.05, 3.63) is 30.1 Å². The number of hydrogen-bond acceptors (Lipinski definition) is 7. The van der Waals surface area contributed by atoms with Crippen molar-refractivity contribution in [3.8, 4) is 5.69 Å². The smallest absolute Gasteiger partial charge is 0.232 e. The van der Waals surface area contributed by atoms with Crippen LogP contribution in [0.2, 0.25) is 0 Å². The van der Waals surface area contributed by atoms with Crippen molar-refractivity contribution in [2.24, 2.45) is 0 Å². The topological polar surface area (TPSA) is 133 Å². The highest BCUT2D eigenvalue weighted by Gasteiger charge is 2.30. The minimum atomic E-state index is -3.38. The molecule has 1 aliphatic rings. The van der Waals surface area contributed by atoms with Crippen molar-refractivity contribution in [1.82, 2.24) is 19.5 Å². The van der Waals surface area contributed by atoms with Gasteiger partial charge in [-0.3, -0.25) is 8.87 Å². The van der Waals surface area contributed by atoms with Crippen LogP contribution in [0.3, 0.4) is 0 Å². The average molecular weight is 345 g/mol. The molecule has 0 spiro atoms. The number of nitrogen functional groups attached to an aromatic ring is 2. The molecule has 124 valence electrons. The van der Waals surface area contributed by atoms with Crippen molar-refractivity contribution >= 4 is 38.6 Å². The predicted octanol–water partition coefficient (Wildman–Crippen LogP) is 0.302. The first-order valence-electron chi connectivity index (χ1n) is 7.22. The molecule has 24 heavy (non-hydrogen) atoms. The minimum absolute atomic E-state index is 0.0429. The van der Waals surface area contributed by atoms with E-state index in [2.05, 4.69) is 15.0 Å². The fourth-order valence-electron chi connectivity index (χ4n) is 3.08. The molecule has 0 radical (unpaired) electrons. The zero-order chi connectivity index (χ0) is 17.1. The molecule has 0 atom stereocenters. The maximum absolute atomic E-state index is 12.1. The molecule has 1 aromatic carbocycles. The van der Waals surface area contributed by atoms with Gasteiger partial charge in [-0.15, -0.1) is 0 Å². The van der Waals surface area contributed by atoms with Gasteiger partial charge in [0.25, 0.3) is 0 Å². The Morgan fingerprint density at radius 1 is 1.21 bits per heavy atom. The molecule has 2 aromatic heterocycles. The highest BCUT2D eigenvalue weighted by molar-refractivity contribution is 7.92. The summed E-state index contributed by atoms with van der Waals surface area (Å²) < 4.78 is 27.4. The molecule has 3 aromatic rings. The Kier molecular flexibility index (Phi) is 2.94. The lowest BCUT2D eigenvalue weighted by molar-refractivity contribution is 0.598. The Bertz CT molecular complexity index is 1070. The van der Waals surface area contributed by atoms with Gasteiger partial charge in [0, 0.05) is 6.54 Å². The number of benzene rings is 1. The first-order chi connectivity index (χ1) is 11.4. The molecule has 9 nitrogen and oxygen atoms in total. The molecule has 4 N–H and O–H groups in total. The number of aromatic nitrogens is 4. The van der Waals surface area contributed by atoms with Crippen molar-refractivity contribution in [2.75, 3.05) is 28.6 Å². The number of anilines is 3. The van der Waals surface area contributed by atoms with Gasteiger partial charge in [-0.2, -0.15) is 9.97 Å². The average Bonchev–Trinajstić information content (AvgIpc) is 3.09. The summed E-state index contributed by atoms with van der Waals surface area (Å²) in [6, 6.07) is 5.61. The third-order valence-electron chi connectivity index (χ3n) is 4.04. The second-order valence-corrected chi connectivity index (χ2v) is 7.53. The van der Waals surface area contributed by atoms with Crippen molar-refractivity contribution < 1.29 is 8.42 Å². The fraction of sp³-hybridized carbons (Fsp3) is 0.214. The summed E-state index contributed by atoms with van der Waals surface area (Å²) in [4.78, 5) is 12.3. The maximum Gasteiger partial charge on any atom is 0.232 e. The number of nitrogens with zero attached hydrogens (tertiary/aromatic N) is 5. The van der Waals surface area contributed by atoms with Gasteiger partial charge in [-0.1, -0.05) is 12.1 Å². The fourth-order valence-corrected chi connectivity index (χ4v) is 4.04. The third kappa shape index (κ3) is 2.07. The number of para-hydroxylation sites is 1. The van der Waals surface area contributed by atoms with Crippen LogP contribution in [0.15, 0.2) is 24.5 Å². The van der Waals surface area contributed by atoms with Gasteiger partial charge >= 0.3 is 0 Å². The normalized spacial score (nSPS) is 14.3. The molecule has 10 heteroatoms. The summed E-state index contributed by atoms with van der Waals surface area (Å²) in [6.45, 7) is 0.413. The Morgan fingerprint density at radius 2 is 2.00 bits per heavy atom. The second-order valence-electron chi connectivity index (χ2n) is 5.62. The first kappa shape index (κ1) is 14.7. The Morgan fingerprint density at radius 3 is 2.75 bits per heavy atom. The Labute approximate surface area is 138 Å². The molecule has 3 heterocycles. The summed E-state index contributed by atoms with van der Waals surface area (Å²) in [5.74, 6) is 0.234. The molecule has 0 unspecified atom stereocenters. The lowest BCUT2D eigenvalue weighted by Crippen LogP contribution is -2.28. The Balaban J connectivity index is 2.02. The summed E-state index contributed by atoms with van der Waals surface area (Å²) in [7, 11) is -3.38. The molecule has 4 rings (SSSR count). The molecule has 0 saturated carbocycles. The lowest BCUT2D eigenvalue weighted by atomic mass is 10.1. The van der Waals surface area contributed by atoms with Crippen LogP contribution in [0, 0.1) is 0 Å². The summed E-state index contributed by atoms with van der Waals surface area (Å²) in [6.07, 6.45) is 3.40. The van der Waals surface area contributed by atoms with Gasteiger partial charge in [0.15, 0.2) is 11.5 Å². The van der Waals surface area contributed by atoms with Crippen LogP contribution in [0.5, 0.6) is 0 Å². The van der Waals surface area contributed by atoms with Gasteiger partial charge in [0.1, 0.15) is 11.8 Å². The van der Waals surface area contributed by atoms with E-state index in [-0.39, 0.29) is 11.8 Å². The molecule has 0 fully saturated rings. The highest BCUT2D eigenvalue weighted by atomic mass is 32.2. The van der Waals surface area contributed by atoms with E-state index >= 15 is 0 Å². The van der Waals surface area contributed by atoms with Crippen LogP contribution in [-0.2, 0) is 16.4 Å². The minimum Gasteiger partial charge on any atom is -0.382 e. The molecular weight excluding hydrogens is 330 g/mol. The second kappa shape index (κ2) is 4.81. The van der Waals surface area contributed by atoms with E-state index < -0.39 is 10.0 Å². The van der Waals surface area contributed by atoms with Gasteiger partial charge in [0.2, 0.25) is 16.0 Å². The lowest BCUT2D eigenvalue weighted by Gasteiger charge is -2.20. The molecule has 0 amide bonds. The maximum atomic E-state index is 12.1. The van der Waals surface area contributed by atoms with E-state index in [0.717, 1.165) is 5.56 Å². The molecular formula is C14H15N7O2S. The van der Waals surface area contributed by atoms with E-state index in [1.54, 1.807) is 10.9 Å². The summed E-state index contributed by atoms with van der Waals surface area (Å²) >= 11 is 0. The number of nitrogens with two attached hydrogens (primary N) is 2. The van der Waals surface area contributed by atoms with Crippen LogP contribution in [0.1, 0.15) is 5.56 Å². The Hall–Kier alpha value is -2.88. The van der Waals surface area contributed by atoms with Crippen molar-refractivity contribution in [2.45, 2.75) is 6.42 Å².